The quantitative estimate of drug-likeness (QED) is 0.695. The van der Waals surface area contributed by atoms with E-state index in [4.69, 9.17) is 14.2 Å². The highest BCUT2D eigenvalue weighted by Crippen LogP contribution is 2.34. The number of rotatable bonds is 6. The van der Waals surface area contributed by atoms with E-state index >= 15 is 0 Å². The van der Waals surface area contributed by atoms with Crippen LogP contribution in [0.4, 0.5) is 0 Å². The number of benzene rings is 1. The first kappa shape index (κ1) is 12.8. The van der Waals surface area contributed by atoms with Crippen LogP contribution in [0.1, 0.15) is 25.3 Å². The maximum Gasteiger partial charge on any atom is 0.126 e. The highest BCUT2D eigenvalue weighted by molar-refractivity contribution is 5.46. The molecule has 1 rings (SSSR count). The molecule has 0 bridgehead atoms. The average Bonchev–Trinajstić information content (AvgIpc) is 2.28. The molecule has 3 heteroatoms. The van der Waals surface area contributed by atoms with Crippen LogP contribution in [0.2, 0.25) is 0 Å². The van der Waals surface area contributed by atoms with Crippen LogP contribution in [0.25, 0.3) is 0 Å². The molecule has 0 fully saturated rings. The van der Waals surface area contributed by atoms with Gasteiger partial charge in [-0.3, -0.25) is 0 Å². The normalized spacial score (nSPS) is 10.6. The molecule has 1 aromatic carbocycles. The van der Waals surface area contributed by atoms with E-state index in [9.17, 15) is 0 Å². The van der Waals surface area contributed by atoms with Gasteiger partial charge in [0, 0.05) is 12.7 Å². The summed E-state index contributed by atoms with van der Waals surface area (Å²) in [5.41, 5.74) is 1.11. The topological polar surface area (TPSA) is 27.7 Å². The van der Waals surface area contributed by atoms with Crippen LogP contribution in [0.15, 0.2) is 18.2 Å². The van der Waals surface area contributed by atoms with Crippen LogP contribution in [0.3, 0.4) is 0 Å². The van der Waals surface area contributed by atoms with Crippen molar-refractivity contribution in [2.75, 3.05) is 27.4 Å². The second kappa shape index (κ2) is 6.38. The van der Waals surface area contributed by atoms with E-state index in [1.54, 1.807) is 14.2 Å². The molecule has 3 nitrogen and oxygen atoms in total. The van der Waals surface area contributed by atoms with Gasteiger partial charge < -0.3 is 14.2 Å². The molecule has 0 saturated carbocycles. The number of methoxy groups -OCH3 is 2. The zero-order chi connectivity index (χ0) is 12.0. The molecular weight excluding hydrogens is 204 g/mol. The van der Waals surface area contributed by atoms with Crippen molar-refractivity contribution in [1.82, 2.24) is 0 Å². The zero-order valence-corrected chi connectivity index (χ0v) is 10.4. The molecule has 0 N–H and O–H groups in total. The van der Waals surface area contributed by atoms with E-state index in [-0.39, 0.29) is 0 Å². The summed E-state index contributed by atoms with van der Waals surface area (Å²) in [6, 6.07) is 5.86. The summed E-state index contributed by atoms with van der Waals surface area (Å²) in [6.45, 7) is 5.40. The van der Waals surface area contributed by atoms with E-state index in [2.05, 4.69) is 13.8 Å². The van der Waals surface area contributed by atoms with Crippen LogP contribution in [-0.2, 0) is 4.74 Å². The predicted molar refractivity (Wildman–Crippen MR) is 64.5 cm³/mol. The molecule has 0 aliphatic heterocycles. The van der Waals surface area contributed by atoms with Crippen LogP contribution >= 0.6 is 0 Å². The fraction of sp³-hybridized carbons (Fsp3) is 0.538. The summed E-state index contributed by atoms with van der Waals surface area (Å²) < 4.78 is 16.0. The summed E-state index contributed by atoms with van der Waals surface area (Å²) in [4.78, 5) is 0. The van der Waals surface area contributed by atoms with E-state index < -0.39 is 0 Å². The Bertz CT molecular complexity index is 321. The molecule has 90 valence electrons. The Morgan fingerprint density at radius 1 is 1.06 bits per heavy atom. The molecule has 0 aromatic heterocycles. The lowest BCUT2D eigenvalue weighted by Crippen LogP contribution is -2.07. The Labute approximate surface area is 97.3 Å². The van der Waals surface area contributed by atoms with Gasteiger partial charge in [0.2, 0.25) is 0 Å². The SMILES string of the molecule is COCCOc1cccc(OC)c1C(C)C. The third-order valence-electron chi connectivity index (χ3n) is 2.37. The van der Waals surface area contributed by atoms with E-state index in [0.717, 1.165) is 17.1 Å². The third kappa shape index (κ3) is 3.14. The fourth-order valence-corrected chi connectivity index (χ4v) is 1.63. The minimum Gasteiger partial charge on any atom is -0.496 e. The van der Waals surface area contributed by atoms with E-state index in [0.29, 0.717) is 19.1 Å². The van der Waals surface area contributed by atoms with Gasteiger partial charge in [0.15, 0.2) is 0 Å². The molecule has 1 aromatic rings. The largest absolute Gasteiger partial charge is 0.496 e. The van der Waals surface area contributed by atoms with Crippen molar-refractivity contribution in [3.63, 3.8) is 0 Å². The second-order valence-electron chi connectivity index (χ2n) is 3.87. The summed E-state index contributed by atoms with van der Waals surface area (Å²) in [5.74, 6) is 2.13. The molecule has 0 spiro atoms. The van der Waals surface area contributed by atoms with E-state index in [1.807, 2.05) is 18.2 Å². The molecule has 16 heavy (non-hydrogen) atoms. The number of hydrogen-bond donors (Lipinski definition) is 0. The zero-order valence-electron chi connectivity index (χ0n) is 10.4. The smallest absolute Gasteiger partial charge is 0.126 e. The van der Waals surface area contributed by atoms with Gasteiger partial charge in [-0.25, -0.2) is 0 Å². The molecule has 0 atom stereocenters. The maximum atomic E-state index is 5.68. The first-order valence-corrected chi connectivity index (χ1v) is 5.49. The second-order valence-corrected chi connectivity index (χ2v) is 3.87. The van der Waals surface area contributed by atoms with Crippen molar-refractivity contribution >= 4 is 0 Å². The first-order valence-electron chi connectivity index (χ1n) is 5.49. The van der Waals surface area contributed by atoms with Gasteiger partial charge in [0.1, 0.15) is 18.1 Å². The average molecular weight is 224 g/mol. The molecule has 0 radical (unpaired) electrons. The molecular formula is C13H20O3. The summed E-state index contributed by atoms with van der Waals surface area (Å²) in [6.07, 6.45) is 0. The summed E-state index contributed by atoms with van der Waals surface area (Å²) in [7, 11) is 3.35. The van der Waals surface area contributed by atoms with Crippen LogP contribution in [0, 0.1) is 0 Å². The van der Waals surface area contributed by atoms with Crippen molar-refractivity contribution in [2.24, 2.45) is 0 Å². The molecule has 0 amide bonds. The standard InChI is InChI=1S/C13H20O3/c1-10(2)13-11(15-4)6-5-7-12(13)16-9-8-14-3/h5-7,10H,8-9H2,1-4H3. The molecule has 0 unspecified atom stereocenters. The number of ether oxygens (including phenoxy) is 3. The van der Waals surface area contributed by atoms with Gasteiger partial charge in [-0.05, 0) is 18.1 Å². The minimum absolute atomic E-state index is 0.369. The highest BCUT2D eigenvalue weighted by Gasteiger charge is 2.13. The number of hydrogen-bond acceptors (Lipinski definition) is 3. The summed E-state index contributed by atoms with van der Waals surface area (Å²) >= 11 is 0. The van der Waals surface area contributed by atoms with Gasteiger partial charge in [0.05, 0.1) is 13.7 Å². The van der Waals surface area contributed by atoms with Crippen molar-refractivity contribution in [3.8, 4) is 11.5 Å². The van der Waals surface area contributed by atoms with Crippen molar-refractivity contribution in [1.29, 1.82) is 0 Å². The highest BCUT2D eigenvalue weighted by atomic mass is 16.5. The van der Waals surface area contributed by atoms with Crippen LogP contribution in [-0.4, -0.2) is 27.4 Å². The van der Waals surface area contributed by atoms with Gasteiger partial charge in [-0.2, -0.15) is 0 Å². The van der Waals surface area contributed by atoms with Gasteiger partial charge in [-0.15, -0.1) is 0 Å². The summed E-state index contributed by atoms with van der Waals surface area (Å²) in [5, 5.41) is 0. The Morgan fingerprint density at radius 2 is 1.75 bits per heavy atom. The Hall–Kier alpha value is -1.22. The first-order chi connectivity index (χ1) is 7.70. The molecule has 0 aliphatic carbocycles. The Morgan fingerprint density at radius 3 is 2.31 bits per heavy atom. The van der Waals surface area contributed by atoms with Gasteiger partial charge in [0.25, 0.3) is 0 Å². The Kier molecular flexibility index (Phi) is 5.12. The lowest BCUT2D eigenvalue weighted by atomic mass is 10.0. The molecule has 0 heterocycles. The lowest BCUT2D eigenvalue weighted by Gasteiger charge is -2.17. The van der Waals surface area contributed by atoms with Gasteiger partial charge >= 0.3 is 0 Å². The predicted octanol–water partition coefficient (Wildman–Crippen LogP) is 2.84. The van der Waals surface area contributed by atoms with Crippen molar-refractivity contribution in [3.05, 3.63) is 23.8 Å². The van der Waals surface area contributed by atoms with Crippen molar-refractivity contribution in [2.45, 2.75) is 19.8 Å². The van der Waals surface area contributed by atoms with E-state index in [1.165, 1.54) is 0 Å². The maximum absolute atomic E-state index is 5.68. The lowest BCUT2D eigenvalue weighted by molar-refractivity contribution is 0.145. The molecule has 0 aliphatic rings. The molecule has 0 saturated heterocycles. The Balaban J connectivity index is 2.89. The minimum atomic E-state index is 0.369. The van der Waals surface area contributed by atoms with Gasteiger partial charge in [-0.1, -0.05) is 19.9 Å². The monoisotopic (exact) mass is 224 g/mol. The van der Waals surface area contributed by atoms with Crippen LogP contribution < -0.4 is 9.47 Å². The van der Waals surface area contributed by atoms with Crippen LogP contribution in [0.5, 0.6) is 11.5 Å². The third-order valence-corrected chi connectivity index (χ3v) is 2.37. The fourth-order valence-electron chi connectivity index (χ4n) is 1.63. The van der Waals surface area contributed by atoms with Crippen molar-refractivity contribution < 1.29 is 14.2 Å².